The summed E-state index contributed by atoms with van der Waals surface area (Å²) in [5.41, 5.74) is 0.862. The van der Waals surface area contributed by atoms with Gasteiger partial charge in [0.05, 0.1) is 17.2 Å². The van der Waals surface area contributed by atoms with E-state index < -0.39 is 29.5 Å². The number of allylic oxidation sites excluding steroid dienone is 1. The highest BCUT2D eigenvalue weighted by atomic mass is 19.4. The van der Waals surface area contributed by atoms with Crippen molar-refractivity contribution in [3.05, 3.63) is 76.5 Å². The molecular weight excluding hydrogens is 445 g/mol. The predicted molar refractivity (Wildman–Crippen MR) is 122 cm³/mol. The Morgan fingerprint density at radius 3 is 2.47 bits per heavy atom. The zero-order chi connectivity index (χ0) is 25.0. The highest BCUT2D eigenvalue weighted by Gasteiger charge is 2.38. The van der Waals surface area contributed by atoms with E-state index in [1.54, 1.807) is 31.2 Å². The molecule has 0 spiro atoms. The van der Waals surface area contributed by atoms with Gasteiger partial charge in [0.2, 0.25) is 11.8 Å². The number of benzene rings is 2. The molecule has 1 N–H and O–H groups in total. The Morgan fingerprint density at radius 2 is 1.88 bits per heavy atom. The van der Waals surface area contributed by atoms with E-state index in [2.05, 4.69) is 5.32 Å². The zero-order valence-corrected chi connectivity index (χ0v) is 19.1. The number of hydrogen-bond acceptors (Lipinski definition) is 4. The van der Waals surface area contributed by atoms with Crippen molar-refractivity contribution in [1.82, 2.24) is 10.2 Å². The van der Waals surface area contributed by atoms with E-state index in [1.165, 1.54) is 17.0 Å². The van der Waals surface area contributed by atoms with Gasteiger partial charge in [-0.05, 0) is 56.9 Å². The number of likely N-dealkylation sites (N-methyl/N-ethyl adjacent to an activating group) is 1. The van der Waals surface area contributed by atoms with E-state index >= 15 is 0 Å². The van der Waals surface area contributed by atoms with Crippen LogP contribution in [0.1, 0.15) is 36.0 Å². The third-order valence-electron chi connectivity index (χ3n) is 5.66. The number of carbonyl (C=O) groups is 2. The van der Waals surface area contributed by atoms with E-state index in [1.807, 2.05) is 25.1 Å². The van der Waals surface area contributed by atoms with Crippen molar-refractivity contribution in [3.63, 3.8) is 0 Å². The van der Waals surface area contributed by atoms with Gasteiger partial charge in [-0.1, -0.05) is 18.2 Å². The largest absolute Gasteiger partial charge is 0.416 e. The lowest BCUT2D eigenvalue weighted by Gasteiger charge is -2.35. The molecule has 0 saturated heterocycles. The van der Waals surface area contributed by atoms with Crippen molar-refractivity contribution in [2.75, 3.05) is 32.1 Å². The van der Waals surface area contributed by atoms with Crippen molar-refractivity contribution in [2.24, 2.45) is 0 Å². The van der Waals surface area contributed by atoms with Crippen molar-refractivity contribution in [1.29, 1.82) is 5.26 Å². The second kappa shape index (κ2) is 10.1. The number of nitrogens with zero attached hydrogens (tertiary/aromatic N) is 3. The molecule has 2 aromatic rings. The van der Waals surface area contributed by atoms with E-state index in [0.29, 0.717) is 29.8 Å². The molecule has 178 valence electrons. The molecule has 0 radical (unpaired) electrons. The van der Waals surface area contributed by atoms with Crippen molar-refractivity contribution in [3.8, 4) is 6.07 Å². The topological polar surface area (TPSA) is 76.4 Å². The molecule has 3 rings (SSSR count). The molecular formula is C25H25F3N4O2. The normalized spacial score (nSPS) is 16.6. The zero-order valence-electron chi connectivity index (χ0n) is 19.1. The summed E-state index contributed by atoms with van der Waals surface area (Å²) in [7, 11) is 3.73. The van der Waals surface area contributed by atoms with Gasteiger partial charge < -0.3 is 10.2 Å². The van der Waals surface area contributed by atoms with Crippen molar-refractivity contribution in [2.45, 2.75) is 25.4 Å². The first-order chi connectivity index (χ1) is 16.0. The van der Waals surface area contributed by atoms with Crippen LogP contribution >= 0.6 is 0 Å². The fraction of sp³-hybridized carbons (Fsp3) is 0.320. The van der Waals surface area contributed by atoms with Crippen LogP contribution in [0.4, 0.5) is 18.9 Å². The van der Waals surface area contributed by atoms with E-state index in [4.69, 9.17) is 5.26 Å². The molecule has 34 heavy (non-hydrogen) atoms. The van der Waals surface area contributed by atoms with Crippen LogP contribution in [0.5, 0.6) is 0 Å². The predicted octanol–water partition coefficient (Wildman–Crippen LogP) is 4.05. The second-order valence-electron chi connectivity index (χ2n) is 8.33. The number of halogens is 3. The van der Waals surface area contributed by atoms with Crippen LogP contribution in [0, 0.1) is 11.3 Å². The summed E-state index contributed by atoms with van der Waals surface area (Å²) in [6.07, 6.45) is -4.67. The number of amides is 2. The monoisotopic (exact) mass is 470 g/mol. The maximum Gasteiger partial charge on any atom is 0.416 e. The average molecular weight is 470 g/mol. The first kappa shape index (κ1) is 25.0. The molecule has 1 aliphatic rings. The van der Waals surface area contributed by atoms with Gasteiger partial charge in [0.1, 0.15) is 0 Å². The lowest BCUT2D eigenvalue weighted by Crippen LogP contribution is -2.42. The third kappa shape index (κ3) is 5.46. The van der Waals surface area contributed by atoms with E-state index in [0.717, 1.165) is 12.1 Å². The number of anilines is 1. The number of nitriles is 1. The lowest BCUT2D eigenvalue weighted by molar-refractivity contribution is -0.137. The fourth-order valence-electron chi connectivity index (χ4n) is 3.97. The van der Waals surface area contributed by atoms with E-state index in [9.17, 15) is 22.8 Å². The van der Waals surface area contributed by atoms with Gasteiger partial charge in [-0.3, -0.25) is 14.5 Å². The maximum absolute atomic E-state index is 13.3. The minimum Gasteiger partial charge on any atom is -0.351 e. The lowest BCUT2D eigenvalue weighted by atomic mass is 9.82. The van der Waals surface area contributed by atoms with Gasteiger partial charge in [-0.25, -0.2) is 0 Å². The molecule has 1 atom stereocenters. The minimum absolute atomic E-state index is 0.0502. The summed E-state index contributed by atoms with van der Waals surface area (Å²) in [4.78, 5) is 29.5. The highest BCUT2D eigenvalue weighted by Crippen LogP contribution is 2.40. The van der Waals surface area contributed by atoms with Crippen LogP contribution in [-0.4, -0.2) is 43.9 Å². The minimum atomic E-state index is -4.57. The van der Waals surface area contributed by atoms with Gasteiger partial charge >= 0.3 is 6.18 Å². The SMILES string of the molecule is CC1=C(C(=O)NCCN(C)C)C(c2ccc(C#N)cc2)CC(=O)N1c1cccc(C(F)(F)F)c1. The van der Waals surface area contributed by atoms with Crippen LogP contribution in [0.25, 0.3) is 0 Å². The number of nitrogens with one attached hydrogen (secondary N) is 1. The fourth-order valence-corrected chi connectivity index (χ4v) is 3.97. The molecule has 0 fully saturated rings. The molecule has 2 aromatic carbocycles. The summed E-state index contributed by atoms with van der Waals surface area (Å²) in [5.74, 6) is -1.41. The summed E-state index contributed by atoms with van der Waals surface area (Å²) >= 11 is 0. The Kier molecular flexibility index (Phi) is 7.42. The highest BCUT2D eigenvalue weighted by molar-refractivity contribution is 6.06. The Hall–Kier alpha value is -3.64. The smallest absolute Gasteiger partial charge is 0.351 e. The van der Waals surface area contributed by atoms with Gasteiger partial charge in [-0.2, -0.15) is 18.4 Å². The maximum atomic E-state index is 13.3. The molecule has 0 saturated carbocycles. The quantitative estimate of drug-likeness (QED) is 0.691. The standard InChI is InChI=1S/C25H25F3N4O2/c1-16-23(24(34)30-11-12-31(2)3)21(18-9-7-17(15-29)8-10-18)14-22(33)32(16)20-6-4-5-19(13-20)25(26,27)28/h4-10,13,21H,11-12,14H2,1-3H3,(H,30,34). The van der Waals surface area contributed by atoms with Crippen LogP contribution in [0.15, 0.2) is 59.8 Å². The Balaban J connectivity index is 2.08. The third-order valence-corrected chi connectivity index (χ3v) is 5.66. The summed E-state index contributed by atoms with van der Waals surface area (Å²) in [5, 5.41) is 11.9. The number of rotatable bonds is 6. The molecule has 2 amide bonds. The second-order valence-corrected chi connectivity index (χ2v) is 8.33. The van der Waals surface area contributed by atoms with Gasteiger partial charge in [0.15, 0.2) is 0 Å². The van der Waals surface area contributed by atoms with Crippen LogP contribution in [0.3, 0.4) is 0 Å². The van der Waals surface area contributed by atoms with Gasteiger partial charge in [0, 0.05) is 42.4 Å². The summed E-state index contributed by atoms with van der Waals surface area (Å²) in [6, 6.07) is 13.1. The molecule has 9 heteroatoms. The van der Waals surface area contributed by atoms with Gasteiger partial charge in [-0.15, -0.1) is 0 Å². The molecule has 0 bridgehead atoms. The Labute approximate surface area is 196 Å². The van der Waals surface area contributed by atoms with Gasteiger partial charge in [0.25, 0.3) is 0 Å². The van der Waals surface area contributed by atoms with Crippen molar-refractivity contribution < 1.29 is 22.8 Å². The first-order valence-corrected chi connectivity index (χ1v) is 10.7. The van der Waals surface area contributed by atoms with E-state index in [-0.39, 0.29) is 17.8 Å². The molecule has 0 aliphatic carbocycles. The van der Waals surface area contributed by atoms with Crippen LogP contribution in [0.2, 0.25) is 0 Å². The summed E-state index contributed by atoms with van der Waals surface area (Å²) < 4.78 is 39.8. The number of alkyl halides is 3. The number of carbonyl (C=O) groups excluding carboxylic acids is 2. The van der Waals surface area contributed by atoms with Crippen LogP contribution < -0.4 is 10.2 Å². The molecule has 0 aromatic heterocycles. The first-order valence-electron chi connectivity index (χ1n) is 10.7. The average Bonchev–Trinajstić information content (AvgIpc) is 2.78. The van der Waals surface area contributed by atoms with Crippen LogP contribution in [-0.2, 0) is 15.8 Å². The molecule has 6 nitrogen and oxygen atoms in total. The summed E-state index contributed by atoms with van der Waals surface area (Å²) in [6.45, 7) is 2.52. The molecule has 1 heterocycles. The Bertz CT molecular complexity index is 1150. The molecule has 1 aliphatic heterocycles. The Morgan fingerprint density at radius 1 is 1.21 bits per heavy atom. The van der Waals surface area contributed by atoms with Crippen molar-refractivity contribution >= 4 is 17.5 Å². The molecule has 1 unspecified atom stereocenters. The number of hydrogen-bond donors (Lipinski definition) is 1.